The second-order valence-electron chi connectivity index (χ2n) is 6.64. The zero-order valence-corrected chi connectivity index (χ0v) is 14.0. The molecule has 0 atom stereocenters. The molecule has 20 heavy (non-hydrogen) atoms. The van der Waals surface area contributed by atoms with Crippen LogP contribution in [-0.2, 0) is 4.79 Å². The van der Waals surface area contributed by atoms with Crippen LogP contribution in [0.5, 0.6) is 0 Å². The number of hydrogen-bond donors (Lipinski definition) is 0. The Morgan fingerprint density at radius 2 is 1.45 bits per heavy atom. The lowest BCUT2D eigenvalue weighted by molar-refractivity contribution is -0.136. The fraction of sp³-hybridized carbons (Fsp3) is 0.944. The Morgan fingerprint density at radius 1 is 0.950 bits per heavy atom. The van der Waals surface area contributed by atoms with Crippen LogP contribution >= 0.6 is 0 Å². The maximum absolute atomic E-state index is 11.3. The largest absolute Gasteiger partial charge is 0.342 e. The second-order valence-corrected chi connectivity index (χ2v) is 6.64. The molecule has 1 heterocycles. The van der Waals surface area contributed by atoms with Crippen molar-refractivity contribution in [2.45, 2.75) is 85.0 Å². The Balaban J connectivity index is 2.25. The Kier molecular flexibility index (Phi) is 8.97. The molecular formula is C18H35NO. The average Bonchev–Trinajstić information content (AvgIpc) is 2.36. The zero-order chi connectivity index (χ0) is 14.8. The molecule has 1 saturated heterocycles. The summed E-state index contributed by atoms with van der Waals surface area (Å²) in [5.41, 5.74) is 0. The minimum absolute atomic E-state index is 0.261. The summed E-state index contributed by atoms with van der Waals surface area (Å²) in [4.78, 5) is 13.3. The molecule has 1 aliphatic heterocycles. The van der Waals surface area contributed by atoms with Gasteiger partial charge in [0.1, 0.15) is 0 Å². The third-order valence-electron chi connectivity index (χ3n) is 4.88. The summed E-state index contributed by atoms with van der Waals surface area (Å²) in [5, 5.41) is 0. The van der Waals surface area contributed by atoms with Crippen LogP contribution in [-0.4, -0.2) is 23.9 Å². The molecule has 1 rings (SSSR count). The van der Waals surface area contributed by atoms with E-state index in [4.69, 9.17) is 0 Å². The summed E-state index contributed by atoms with van der Waals surface area (Å²) >= 11 is 0. The van der Waals surface area contributed by atoms with Gasteiger partial charge in [-0.05, 0) is 11.8 Å². The van der Waals surface area contributed by atoms with Gasteiger partial charge < -0.3 is 4.90 Å². The third-order valence-corrected chi connectivity index (χ3v) is 4.88. The minimum atomic E-state index is 0.261. The number of unbranched alkanes of at least 4 members (excludes halogenated alkanes) is 6. The first kappa shape index (κ1) is 17.5. The number of carbonyl (C=O) groups excluding carboxylic acids is 1. The van der Waals surface area contributed by atoms with Gasteiger partial charge in [-0.25, -0.2) is 0 Å². The van der Waals surface area contributed by atoms with Gasteiger partial charge in [0, 0.05) is 20.0 Å². The van der Waals surface area contributed by atoms with Crippen molar-refractivity contribution in [3.63, 3.8) is 0 Å². The molecule has 1 fully saturated rings. The van der Waals surface area contributed by atoms with Gasteiger partial charge in [-0.3, -0.25) is 4.79 Å². The fourth-order valence-corrected chi connectivity index (χ4v) is 3.35. The van der Waals surface area contributed by atoms with Gasteiger partial charge in [-0.2, -0.15) is 0 Å². The number of carbonyl (C=O) groups is 1. The highest BCUT2D eigenvalue weighted by Crippen LogP contribution is 2.32. The lowest BCUT2D eigenvalue weighted by atomic mass is 9.79. The predicted molar refractivity (Wildman–Crippen MR) is 86.8 cm³/mol. The number of amides is 1. The van der Waals surface area contributed by atoms with Crippen LogP contribution in [0.3, 0.4) is 0 Å². The number of hydrogen-bond acceptors (Lipinski definition) is 1. The van der Waals surface area contributed by atoms with Crippen LogP contribution in [0.15, 0.2) is 0 Å². The van der Waals surface area contributed by atoms with E-state index in [1.807, 2.05) is 4.90 Å². The van der Waals surface area contributed by atoms with Crippen molar-refractivity contribution in [2.75, 3.05) is 13.1 Å². The second kappa shape index (κ2) is 10.2. The van der Waals surface area contributed by atoms with Gasteiger partial charge in [0.2, 0.25) is 5.91 Å². The Hall–Kier alpha value is -0.530. The highest BCUT2D eigenvalue weighted by molar-refractivity contribution is 5.74. The molecule has 118 valence electrons. The molecule has 0 spiro atoms. The molecule has 1 amide bonds. The smallest absolute Gasteiger partial charge is 0.219 e. The fourth-order valence-electron chi connectivity index (χ4n) is 3.35. The molecule has 1 aliphatic rings. The number of likely N-dealkylation sites (tertiary alicyclic amines) is 1. The van der Waals surface area contributed by atoms with E-state index in [2.05, 4.69) is 13.8 Å². The van der Waals surface area contributed by atoms with Crippen molar-refractivity contribution in [1.29, 1.82) is 0 Å². The van der Waals surface area contributed by atoms with Crippen LogP contribution in [0.4, 0.5) is 0 Å². The molecule has 0 saturated carbocycles. The number of rotatable bonds is 11. The summed E-state index contributed by atoms with van der Waals surface area (Å²) in [6.07, 6.45) is 13.8. The van der Waals surface area contributed by atoms with Gasteiger partial charge in [-0.1, -0.05) is 78.1 Å². The van der Waals surface area contributed by atoms with E-state index in [9.17, 15) is 4.79 Å². The molecule has 0 N–H and O–H groups in total. The van der Waals surface area contributed by atoms with Crippen molar-refractivity contribution >= 4 is 5.91 Å². The van der Waals surface area contributed by atoms with E-state index in [1.54, 1.807) is 6.92 Å². The van der Waals surface area contributed by atoms with Gasteiger partial charge >= 0.3 is 0 Å². The van der Waals surface area contributed by atoms with Crippen molar-refractivity contribution in [1.82, 2.24) is 4.90 Å². The van der Waals surface area contributed by atoms with Gasteiger partial charge in [0.05, 0.1) is 0 Å². The summed E-state index contributed by atoms with van der Waals surface area (Å²) < 4.78 is 0. The molecule has 0 aromatic heterocycles. The van der Waals surface area contributed by atoms with Crippen LogP contribution in [0.25, 0.3) is 0 Å². The molecule has 0 bridgehead atoms. The van der Waals surface area contributed by atoms with Gasteiger partial charge in [0.15, 0.2) is 0 Å². The lowest BCUT2D eigenvalue weighted by Gasteiger charge is -2.43. The predicted octanol–water partition coefficient (Wildman–Crippen LogP) is 5.02. The topological polar surface area (TPSA) is 20.3 Å². The SMILES string of the molecule is CCCCCCC(CCCCCC)C1CN(C(C)=O)C1. The molecule has 0 unspecified atom stereocenters. The van der Waals surface area contributed by atoms with Crippen LogP contribution in [0.1, 0.15) is 85.0 Å². The quantitative estimate of drug-likeness (QED) is 0.487. The first-order chi connectivity index (χ1) is 9.69. The van der Waals surface area contributed by atoms with E-state index in [0.29, 0.717) is 0 Å². The summed E-state index contributed by atoms with van der Waals surface area (Å²) in [5.74, 6) is 1.93. The normalized spacial score (nSPS) is 15.7. The zero-order valence-electron chi connectivity index (χ0n) is 14.0. The summed E-state index contributed by atoms with van der Waals surface area (Å²) in [6.45, 7) is 8.31. The van der Waals surface area contributed by atoms with Crippen molar-refractivity contribution in [3.05, 3.63) is 0 Å². The van der Waals surface area contributed by atoms with E-state index >= 15 is 0 Å². The lowest BCUT2D eigenvalue weighted by Crippen LogP contribution is -2.51. The van der Waals surface area contributed by atoms with Crippen molar-refractivity contribution < 1.29 is 4.79 Å². The van der Waals surface area contributed by atoms with Gasteiger partial charge in [-0.15, -0.1) is 0 Å². The maximum Gasteiger partial charge on any atom is 0.219 e. The van der Waals surface area contributed by atoms with Crippen molar-refractivity contribution in [2.24, 2.45) is 11.8 Å². The minimum Gasteiger partial charge on any atom is -0.342 e. The molecule has 0 aromatic carbocycles. The molecular weight excluding hydrogens is 246 g/mol. The number of nitrogens with zero attached hydrogens (tertiary/aromatic N) is 1. The molecule has 2 nitrogen and oxygen atoms in total. The standard InChI is InChI=1S/C18H35NO/c1-4-6-8-10-12-17(13-11-9-7-5-2)18-14-19(15-18)16(3)20/h17-18H,4-15H2,1-3H3. The van der Waals surface area contributed by atoms with E-state index in [1.165, 1.54) is 64.2 Å². The summed E-state index contributed by atoms with van der Waals surface area (Å²) in [7, 11) is 0. The molecule has 0 aromatic rings. The first-order valence-electron chi connectivity index (χ1n) is 8.94. The Morgan fingerprint density at radius 3 is 1.85 bits per heavy atom. The van der Waals surface area contributed by atoms with E-state index < -0.39 is 0 Å². The highest BCUT2D eigenvalue weighted by atomic mass is 16.2. The Bertz CT molecular complexity index is 246. The monoisotopic (exact) mass is 281 g/mol. The van der Waals surface area contributed by atoms with Crippen LogP contribution < -0.4 is 0 Å². The first-order valence-corrected chi connectivity index (χ1v) is 8.94. The van der Waals surface area contributed by atoms with E-state index in [-0.39, 0.29) is 5.91 Å². The van der Waals surface area contributed by atoms with Crippen molar-refractivity contribution in [3.8, 4) is 0 Å². The molecule has 2 heteroatoms. The summed E-state index contributed by atoms with van der Waals surface area (Å²) in [6, 6.07) is 0. The third kappa shape index (κ3) is 6.28. The van der Waals surface area contributed by atoms with E-state index in [0.717, 1.165) is 24.9 Å². The highest BCUT2D eigenvalue weighted by Gasteiger charge is 2.33. The average molecular weight is 281 g/mol. The van der Waals surface area contributed by atoms with Gasteiger partial charge in [0.25, 0.3) is 0 Å². The molecule has 0 radical (unpaired) electrons. The Labute approximate surface area is 126 Å². The van der Waals surface area contributed by atoms with Crippen LogP contribution in [0, 0.1) is 11.8 Å². The molecule has 0 aliphatic carbocycles. The van der Waals surface area contributed by atoms with Crippen LogP contribution in [0.2, 0.25) is 0 Å². The maximum atomic E-state index is 11.3.